The molecular formula is C24H20N2O6. The summed E-state index contributed by atoms with van der Waals surface area (Å²) in [5.41, 5.74) is 1.93. The normalized spacial score (nSPS) is 16.0. The maximum Gasteiger partial charge on any atom is 0.311 e. The zero-order valence-corrected chi connectivity index (χ0v) is 17.3. The van der Waals surface area contributed by atoms with Crippen molar-refractivity contribution in [1.29, 1.82) is 0 Å². The average Bonchev–Trinajstić information content (AvgIpc) is 3.55. The molecule has 1 amide bonds. The van der Waals surface area contributed by atoms with Crippen LogP contribution in [0.5, 0.6) is 5.75 Å². The number of fused-ring (bicyclic) bond motifs is 1. The van der Waals surface area contributed by atoms with E-state index in [4.69, 9.17) is 18.4 Å². The summed E-state index contributed by atoms with van der Waals surface area (Å²) in [6.07, 6.45) is 0.105. The highest BCUT2D eigenvalue weighted by molar-refractivity contribution is 5.99. The van der Waals surface area contributed by atoms with Crippen molar-refractivity contribution in [3.05, 3.63) is 66.4 Å². The largest absolute Gasteiger partial charge is 0.497 e. The third-order valence-electron chi connectivity index (χ3n) is 5.43. The van der Waals surface area contributed by atoms with Gasteiger partial charge in [0.05, 0.1) is 13.0 Å². The number of ether oxygens (including phenoxy) is 2. The molecule has 0 radical (unpaired) electrons. The first kappa shape index (κ1) is 19.9. The van der Waals surface area contributed by atoms with Crippen molar-refractivity contribution in [2.24, 2.45) is 5.92 Å². The van der Waals surface area contributed by atoms with Gasteiger partial charge in [0, 0.05) is 30.1 Å². The molecule has 0 saturated carbocycles. The van der Waals surface area contributed by atoms with Crippen molar-refractivity contribution in [2.45, 2.75) is 13.0 Å². The van der Waals surface area contributed by atoms with Gasteiger partial charge >= 0.3 is 5.97 Å². The fraction of sp³-hybridized carbons (Fsp3) is 0.208. The van der Waals surface area contributed by atoms with Gasteiger partial charge in [-0.25, -0.2) is 0 Å². The highest BCUT2D eigenvalue weighted by Crippen LogP contribution is 2.29. The Balaban J connectivity index is 1.20. The molecule has 8 nitrogen and oxygen atoms in total. The molecule has 1 aliphatic heterocycles. The second kappa shape index (κ2) is 8.22. The van der Waals surface area contributed by atoms with Gasteiger partial charge in [0.25, 0.3) is 0 Å². The average molecular weight is 432 g/mol. The summed E-state index contributed by atoms with van der Waals surface area (Å²) in [6, 6.07) is 18.3. The van der Waals surface area contributed by atoms with Crippen molar-refractivity contribution >= 4 is 28.5 Å². The Hall–Kier alpha value is -4.07. The molecule has 1 atom stereocenters. The first-order valence-electron chi connectivity index (χ1n) is 10.2. The quantitative estimate of drug-likeness (QED) is 0.422. The first-order valence-corrected chi connectivity index (χ1v) is 10.2. The molecule has 32 heavy (non-hydrogen) atoms. The summed E-state index contributed by atoms with van der Waals surface area (Å²) in [6.45, 7) is 0.225. The van der Waals surface area contributed by atoms with Gasteiger partial charge in [-0.3, -0.25) is 9.59 Å². The van der Waals surface area contributed by atoms with E-state index in [-0.39, 0.29) is 25.5 Å². The molecule has 0 N–H and O–H groups in total. The van der Waals surface area contributed by atoms with Crippen LogP contribution in [0, 0.1) is 5.92 Å². The molecule has 1 saturated heterocycles. The number of methoxy groups -OCH3 is 1. The molecule has 2 aromatic carbocycles. The highest BCUT2D eigenvalue weighted by Gasteiger charge is 2.36. The van der Waals surface area contributed by atoms with Crippen LogP contribution in [0.4, 0.5) is 5.69 Å². The molecule has 0 spiro atoms. The molecule has 2 aromatic heterocycles. The number of hydrogen-bond acceptors (Lipinski definition) is 7. The van der Waals surface area contributed by atoms with Crippen LogP contribution in [0.2, 0.25) is 0 Å². The zero-order valence-electron chi connectivity index (χ0n) is 17.3. The summed E-state index contributed by atoms with van der Waals surface area (Å²) >= 11 is 0. The van der Waals surface area contributed by atoms with E-state index in [1.165, 1.54) is 0 Å². The van der Waals surface area contributed by atoms with Gasteiger partial charge in [0.15, 0.2) is 5.76 Å². The van der Waals surface area contributed by atoms with Crippen LogP contribution in [0.1, 0.15) is 12.1 Å². The molecule has 1 aliphatic rings. The number of aromatic nitrogens is 1. The van der Waals surface area contributed by atoms with Crippen molar-refractivity contribution in [2.75, 3.05) is 18.6 Å². The number of anilines is 1. The second-order valence-corrected chi connectivity index (χ2v) is 7.54. The van der Waals surface area contributed by atoms with Gasteiger partial charge in [0.1, 0.15) is 23.6 Å². The number of furan rings is 1. The molecule has 5 rings (SSSR count). The van der Waals surface area contributed by atoms with Crippen LogP contribution in [0.3, 0.4) is 0 Å². The standard InChI is InChI=1S/C24H20N2O6/c1-29-19-8-6-18(7-9-19)26-13-16(11-23(26)27)24(28)30-14-17-12-22(32-25-17)21-10-15-4-2-3-5-20(15)31-21/h2-10,12,16H,11,13-14H2,1H3. The summed E-state index contributed by atoms with van der Waals surface area (Å²) in [5, 5.41) is 4.91. The fourth-order valence-electron chi connectivity index (χ4n) is 3.74. The number of nitrogens with zero attached hydrogens (tertiary/aromatic N) is 2. The van der Waals surface area contributed by atoms with Crippen molar-refractivity contribution in [3.63, 3.8) is 0 Å². The number of benzene rings is 2. The van der Waals surface area contributed by atoms with Gasteiger partial charge in [-0.2, -0.15) is 0 Å². The Morgan fingerprint density at radius 1 is 1.12 bits per heavy atom. The van der Waals surface area contributed by atoms with Crippen molar-refractivity contribution in [1.82, 2.24) is 5.16 Å². The van der Waals surface area contributed by atoms with Gasteiger partial charge in [-0.15, -0.1) is 0 Å². The van der Waals surface area contributed by atoms with E-state index in [0.29, 0.717) is 23.0 Å². The van der Waals surface area contributed by atoms with E-state index in [0.717, 1.165) is 16.7 Å². The topological polar surface area (TPSA) is 95.0 Å². The third-order valence-corrected chi connectivity index (χ3v) is 5.43. The molecule has 8 heteroatoms. The monoisotopic (exact) mass is 432 g/mol. The Kier molecular flexibility index (Phi) is 5.10. The predicted molar refractivity (Wildman–Crippen MR) is 115 cm³/mol. The molecule has 4 aromatic rings. The van der Waals surface area contributed by atoms with E-state index in [9.17, 15) is 9.59 Å². The van der Waals surface area contributed by atoms with Gasteiger partial charge in [-0.05, 0) is 36.4 Å². The summed E-state index contributed by atoms with van der Waals surface area (Å²) in [4.78, 5) is 26.5. The number of carbonyl (C=O) groups is 2. The minimum Gasteiger partial charge on any atom is -0.497 e. The van der Waals surface area contributed by atoms with E-state index >= 15 is 0 Å². The van der Waals surface area contributed by atoms with Crippen molar-refractivity contribution in [3.8, 4) is 17.3 Å². The SMILES string of the molecule is COc1ccc(N2CC(C(=O)OCc3cc(-c4cc5ccccc5o4)on3)CC2=O)cc1. The Bertz CT molecular complexity index is 1240. The number of esters is 1. The molecule has 0 aliphatic carbocycles. The number of para-hydroxylation sites is 1. The lowest BCUT2D eigenvalue weighted by atomic mass is 10.1. The minimum absolute atomic E-state index is 0.0458. The predicted octanol–water partition coefficient (Wildman–Crippen LogP) is 4.19. The van der Waals surface area contributed by atoms with Crippen LogP contribution in [0.25, 0.3) is 22.5 Å². The number of rotatable bonds is 6. The van der Waals surface area contributed by atoms with Crippen LogP contribution in [-0.2, 0) is 20.9 Å². The van der Waals surface area contributed by atoms with Crippen LogP contribution < -0.4 is 9.64 Å². The summed E-state index contributed by atoms with van der Waals surface area (Å²) < 4.78 is 21.6. The molecular weight excluding hydrogens is 412 g/mol. The first-order chi connectivity index (χ1) is 15.6. The van der Waals surface area contributed by atoms with E-state index in [2.05, 4.69) is 5.16 Å². The maximum absolute atomic E-state index is 12.5. The third kappa shape index (κ3) is 3.82. The lowest BCUT2D eigenvalue weighted by molar-refractivity contribution is -0.149. The maximum atomic E-state index is 12.5. The lowest BCUT2D eigenvalue weighted by Gasteiger charge is -2.16. The van der Waals surface area contributed by atoms with Gasteiger partial charge in [-0.1, -0.05) is 23.4 Å². The van der Waals surface area contributed by atoms with E-state index < -0.39 is 11.9 Å². The highest BCUT2D eigenvalue weighted by atomic mass is 16.5. The van der Waals surface area contributed by atoms with Gasteiger partial charge in [0.2, 0.25) is 11.7 Å². The van der Waals surface area contributed by atoms with E-state index in [1.54, 1.807) is 42.3 Å². The molecule has 162 valence electrons. The van der Waals surface area contributed by atoms with Crippen LogP contribution in [-0.4, -0.2) is 30.7 Å². The number of amides is 1. The second-order valence-electron chi connectivity index (χ2n) is 7.54. The fourth-order valence-corrected chi connectivity index (χ4v) is 3.74. The number of carbonyl (C=O) groups excluding carboxylic acids is 2. The molecule has 3 heterocycles. The van der Waals surface area contributed by atoms with Crippen LogP contribution >= 0.6 is 0 Å². The van der Waals surface area contributed by atoms with Gasteiger partial charge < -0.3 is 23.3 Å². The molecule has 0 bridgehead atoms. The van der Waals surface area contributed by atoms with E-state index in [1.807, 2.05) is 30.3 Å². The summed E-state index contributed by atoms with van der Waals surface area (Å²) in [7, 11) is 1.58. The summed E-state index contributed by atoms with van der Waals surface area (Å²) in [5.74, 6) is 0.604. The smallest absolute Gasteiger partial charge is 0.311 e. The Morgan fingerprint density at radius 3 is 2.72 bits per heavy atom. The minimum atomic E-state index is -0.536. The van der Waals surface area contributed by atoms with Crippen LogP contribution in [0.15, 0.2) is 69.6 Å². The molecule has 1 fully saturated rings. The Morgan fingerprint density at radius 2 is 1.94 bits per heavy atom. The number of hydrogen-bond donors (Lipinski definition) is 0. The van der Waals surface area contributed by atoms with Crippen molar-refractivity contribution < 1.29 is 28.0 Å². The zero-order chi connectivity index (χ0) is 22.1. The molecule has 1 unspecified atom stereocenters. The Labute approximate surface area is 183 Å². The lowest BCUT2D eigenvalue weighted by Crippen LogP contribution is -2.26.